The van der Waals surface area contributed by atoms with Crippen LogP contribution in [0.1, 0.15) is 17.0 Å². The highest BCUT2D eigenvalue weighted by atomic mass is 32.1. The number of likely N-dealkylation sites (N-methyl/N-ethyl adjacent to an activating group) is 1. The van der Waals surface area contributed by atoms with E-state index in [1.54, 1.807) is 12.1 Å². The summed E-state index contributed by atoms with van der Waals surface area (Å²) in [4.78, 5) is 23.5. The van der Waals surface area contributed by atoms with Crippen molar-refractivity contribution < 1.29 is 9.18 Å². The van der Waals surface area contributed by atoms with Gasteiger partial charge < -0.3 is 9.80 Å². The molecule has 0 saturated carbocycles. The fraction of sp³-hybridized carbons (Fsp3) is 0.320. The zero-order valence-corrected chi connectivity index (χ0v) is 19.5. The van der Waals surface area contributed by atoms with Crippen LogP contribution in [0.5, 0.6) is 0 Å². The molecular formula is C25H28FN5OS. The molecule has 1 amide bonds. The van der Waals surface area contributed by atoms with Gasteiger partial charge >= 0.3 is 0 Å². The van der Waals surface area contributed by atoms with Crippen LogP contribution in [0.2, 0.25) is 0 Å². The lowest BCUT2D eigenvalue weighted by molar-refractivity contribution is -0.131. The van der Waals surface area contributed by atoms with Gasteiger partial charge in [-0.05, 0) is 23.3 Å². The molecule has 0 atom stereocenters. The predicted molar refractivity (Wildman–Crippen MR) is 131 cm³/mol. The van der Waals surface area contributed by atoms with Gasteiger partial charge in [-0.2, -0.15) is 4.37 Å². The molecule has 2 heterocycles. The Morgan fingerprint density at radius 3 is 2.55 bits per heavy atom. The van der Waals surface area contributed by atoms with Crippen molar-refractivity contribution >= 4 is 28.6 Å². The van der Waals surface area contributed by atoms with E-state index < -0.39 is 0 Å². The second-order valence-corrected chi connectivity index (χ2v) is 8.88. The molecule has 33 heavy (non-hydrogen) atoms. The van der Waals surface area contributed by atoms with E-state index in [4.69, 9.17) is 0 Å². The van der Waals surface area contributed by atoms with Crippen LogP contribution < -0.4 is 4.90 Å². The third-order valence-corrected chi connectivity index (χ3v) is 6.50. The number of carbonyl (C=O) groups is 1. The molecule has 0 radical (unpaired) electrons. The van der Waals surface area contributed by atoms with E-state index in [1.807, 2.05) is 35.0 Å². The Labute approximate surface area is 198 Å². The van der Waals surface area contributed by atoms with Gasteiger partial charge in [-0.25, -0.2) is 9.37 Å². The summed E-state index contributed by atoms with van der Waals surface area (Å²) in [6.45, 7) is 4.37. The van der Waals surface area contributed by atoms with Crippen LogP contribution in [0, 0.1) is 5.82 Å². The van der Waals surface area contributed by atoms with Crippen LogP contribution in [-0.2, 0) is 11.2 Å². The fourth-order valence-electron chi connectivity index (χ4n) is 3.71. The maximum atomic E-state index is 13.1. The molecule has 0 bridgehead atoms. The first-order valence-corrected chi connectivity index (χ1v) is 11.8. The third kappa shape index (κ3) is 6.69. The van der Waals surface area contributed by atoms with Gasteiger partial charge in [-0.15, -0.1) is 0 Å². The number of benzene rings is 2. The molecule has 1 saturated heterocycles. The second kappa shape index (κ2) is 11.2. The van der Waals surface area contributed by atoms with Crippen LogP contribution in [-0.4, -0.2) is 71.4 Å². The maximum absolute atomic E-state index is 13.1. The summed E-state index contributed by atoms with van der Waals surface area (Å²) in [6.07, 6.45) is 4.86. The summed E-state index contributed by atoms with van der Waals surface area (Å²) in [6, 6.07) is 16.6. The molecule has 2 aromatic carbocycles. The molecule has 4 rings (SSSR count). The molecule has 1 fully saturated rings. The first-order chi connectivity index (χ1) is 16.1. The standard InChI is InChI=1S/C25H28FN5OS/c1-29(25-27-23(28-33-25)18-21-9-11-22(26)12-10-21)19-24(32)31-16-14-30(15-17-31)13-5-8-20-6-3-2-4-7-20/h2-12H,13-19H2,1H3/b8-5+. The summed E-state index contributed by atoms with van der Waals surface area (Å²) in [5.74, 6) is 0.527. The number of rotatable bonds is 8. The zero-order chi connectivity index (χ0) is 23.0. The maximum Gasteiger partial charge on any atom is 0.242 e. The van der Waals surface area contributed by atoms with Crippen LogP contribution in [0.25, 0.3) is 6.08 Å². The van der Waals surface area contributed by atoms with Crippen molar-refractivity contribution in [1.29, 1.82) is 0 Å². The Kier molecular flexibility index (Phi) is 7.80. The lowest BCUT2D eigenvalue weighted by Crippen LogP contribution is -2.50. The van der Waals surface area contributed by atoms with Crippen molar-refractivity contribution in [3.05, 3.63) is 83.4 Å². The number of anilines is 1. The van der Waals surface area contributed by atoms with Gasteiger partial charge in [-0.1, -0.05) is 54.6 Å². The molecule has 1 aliphatic rings. The zero-order valence-electron chi connectivity index (χ0n) is 18.7. The van der Waals surface area contributed by atoms with E-state index >= 15 is 0 Å². The Hall–Kier alpha value is -3.10. The molecule has 8 heteroatoms. The average Bonchev–Trinajstić information content (AvgIpc) is 3.30. The van der Waals surface area contributed by atoms with Crippen molar-refractivity contribution in [1.82, 2.24) is 19.2 Å². The van der Waals surface area contributed by atoms with E-state index in [2.05, 4.69) is 38.5 Å². The average molecular weight is 466 g/mol. The summed E-state index contributed by atoms with van der Waals surface area (Å²) in [5, 5.41) is 0.713. The largest absolute Gasteiger partial charge is 0.341 e. The molecule has 6 nitrogen and oxygen atoms in total. The monoisotopic (exact) mass is 465 g/mol. The van der Waals surface area contributed by atoms with Gasteiger partial charge in [0.1, 0.15) is 11.6 Å². The van der Waals surface area contributed by atoms with E-state index in [0.717, 1.165) is 38.3 Å². The molecule has 1 aromatic heterocycles. The molecule has 1 aliphatic heterocycles. The minimum atomic E-state index is -0.256. The van der Waals surface area contributed by atoms with Gasteiger partial charge in [-0.3, -0.25) is 9.69 Å². The second-order valence-electron chi connectivity index (χ2n) is 8.15. The molecular weight excluding hydrogens is 437 g/mol. The summed E-state index contributed by atoms with van der Waals surface area (Å²) in [7, 11) is 1.87. The minimum absolute atomic E-state index is 0.104. The van der Waals surface area contributed by atoms with E-state index in [1.165, 1.54) is 29.2 Å². The van der Waals surface area contributed by atoms with E-state index in [-0.39, 0.29) is 18.3 Å². The van der Waals surface area contributed by atoms with Gasteiger partial charge in [0, 0.05) is 57.7 Å². The Morgan fingerprint density at radius 1 is 1.09 bits per heavy atom. The smallest absolute Gasteiger partial charge is 0.242 e. The fourth-order valence-corrected chi connectivity index (χ4v) is 4.35. The number of piperazine rings is 1. The van der Waals surface area contributed by atoms with E-state index in [9.17, 15) is 9.18 Å². The lowest BCUT2D eigenvalue weighted by Gasteiger charge is -2.34. The Balaban J connectivity index is 1.21. The van der Waals surface area contributed by atoms with Gasteiger partial charge in [0.2, 0.25) is 11.0 Å². The van der Waals surface area contributed by atoms with Crippen LogP contribution >= 0.6 is 11.5 Å². The number of carbonyl (C=O) groups excluding carboxylic acids is 1. The number of hydrogen-bond donors (Lipinski definition) is 0. The number of amides is 1. The van der Waals surface area contributed by atoms with Gasteiger partial charge in [0.25, 0.3) is 0 Å². The third-order valence-electron chi connectivity index (χ3n) is 5.63. The van der Waals surface area contributed by atoms with Crippen molar-refractivity contribution in [3.8, 4) is 0 Å². The highest BCUT2D eigenvalue weighted by Crippen LogP contribution is 2.18. The molecule has 172 valence electrons. The highest BCUT2D eigenvalue weighted by molar-refractivity contribution is 7.09. The quantitative estimate of drug-likeness (QED) is 0.509. The van der Waals surface area contributed by atoms with Crippen LogP contribution in [0.4, 0.5) is 9.52 Å². The van der Waals surface area contributed by atoms with Crippen molar-refractivity contribution in [3.63, 3.8) is 0 Å². The van der Waals surface area contributed by atoms with Gasteiger partial charge in [0.15, 0.2) is 0 Å². The SMILES string of the molecule is CN(CC(=O)N1CCN(C/C=C/c2ccccc2)CC1)c1nc(Cc2ccc(F)cc2)ns1. The number of hydrogen-bond acceptors (Lipinski definition) is 6. The molecule has 0 spiro atoms. The number of aromatic nitrogens is 2. The van der Waals surface area contributed by atoms with Crippen LogP contribution in [0.3, 0.4) is 0 Å². The lowest BCUT2D eigenvalue weighted by atomic mass is 10.1. The minimum Gasteiger partial charge on any atom is -0.341 e. The summed E-state index contributed by atoms with van der Waals surface area (Å²) < 4.78 is 17.5. The number of nitrogens with zero attached hydrogens (tertiary/aromatic N) is 5. The first-order valence-electron chi connectivity index (χ1n) is 11.1. The van der Waals surface area contributed by atoms with Crippen molar-refractivity contribution in [2.24, 2.45) is 0 Å². The number of halogens is 1. The normalized spacial score (nSPS) is 14.7. The Morgan fingerprint density at radius 2 is 1.82 bits per heavy atom. The molecule has 0 unspecified atom stereocenters. The summed E-state index contributed by atoms with van der Waals surface area (Å²) in [5.41, 5.74) is 2.16. The highest BCUT2D eigenvalue weighted by Gasteiger charge is 2.22. The molecule has 0 N–H and O–H groups in total. The van der Waals surface area contributed by atoms with Crippen LogP contribution in [0.15, 0.2) is 60.7 Å². The van der Waals surface area contributed by atoms with E-state index in [0.29, 0.717) is 17.4 Å². The summed E-state index contributed by atoms with van der Waals surface area (Å²) >= 11 is 1.28. The predicted octanol–water partition coefficient (Wildman–Crippen LogP) is 3.56. The van der Waals surface area contributed by atoms with Crippen molar-refractivity contribution in [2.75, 3.05) is 51.2 Å². The first kappa shape index (κ1) is 23.1. The van der Waals surface area contributed by atoms with Gasteiger partial charge in [0.05, 0.1) is 6.54 Å². The molecule has 3 aromatic rings. The topological polar surface area (TPSA) is 52.6 Å². The van der Waals surface area contributed by atoms with Crippen molar-refractivity contribution in [2.45, 2.75) is 6.42 Å². The Bertz CT molecular complexity index is 1060. The molecule has 0 aliphatic carbocycles.